The first-order chi connectivity index (χ1) is 12.6. The number of nitrogens with zero attached hydrogens (tertiary/aromatic N) is 3. The topological polar surface area (TPSA) is 142 Å². The van der Waals surface area contributed by atoms with Crippen molar-refractivity contribution in [3.63, 3.8) is 0 Å². The average molecular weight is 373 g/mol. The molecule has 0 heterocycles. The standard InChI is InChI=1S/C17H15N3O7/c1-9(2)14-8-15(10(3)4-16(14)21)18-27-17(22)11-5-12(19(23)24)7-13(6-11)20(25)26/h4-9H,1-3H3/b18-15-. The normalized spacial score (nSPS) is 15.4. The van der Waals surface area contributed by atoms with Crippen LogP contribution in [-0.4, -0.2) is 27.3 Å². The van der Waals surface area contributed by atoms with E-state index >= 15 is 0 Å². The van der Waals surface area contributed by atoms with Crippen LogP contribution in [0.1, 0.15) is 31.1 Å². The van der Waals surface area contributed by atoms with Crippen LogP contribution in [0.15, 0.2) is 46.7 Å². The lowest BCUT2D eigenvalue weighted by atomic mass is 9.90. The Balaban J connectivity index is 2.33. The van der Waals surface area contributed by atoms with Gasteiger partial charge in [-0.2, -0.15) is 0 Å². The summed E-state index contributed by atoms with van der Waals surface area (Å²) in [7, 11) is 0. The summed E-state index contributed by atoms with van der Waals surface area (Å²) >= 11 is 0. The molecule has 1 aromatic rings. The molecule has 2 rings (SSSR count). The van der Waals surface area contributed by atoms with Crippen LogP contribution >= 0.6 is 0 Å². The van der Waals surface area contributed by atoms with Gasteiger partial charge in [-0.05, 0) is 30.6 Å². The van der Waals surface area contributed by atoms with Crippen molar-refractivity contribution < 1.29 is 24.3 Å². The first kappa shape index (κ1) is 19.6. The zero-order chi connectivity index (χ0) is 20.3. The molecule has 0 N–H and O–H groups in total. The molecule has 0 amide bonds. The van der Waals surface area contributed by atoms with Crippen LogP contribution < -0.4 is 0 Å². The number of carbonyl (C=O) groups is 2. The van der Waals surface area contributed by atoms with E-state index < -0.39 is 27.2 Å². The fourth-order valence-electron chi connectivity index (χ4n) is 2.30. The highest BCUT2D eigenvalue weighted by Crippen LogP contribution is 2.24. The van der Waals surface area contributed by atoms with Gasteiger partial charge in [-0.3, -0.25) is 25.0 Å². The number of allylic oxidation sites excluding steroid dienone is 4. The van der Waals surface area contributed by atoms with Gasteiger partial charge in [0.05, 0.1) is 21.5 Å². The largest absolute Gasteiger partial charge is 0.366 e. The SMILES string of the molecule is CC1=CC(=O)C(C(C)C)=C/C1=N/OC(=O)c1cc([N+](=O)[O-])cc([N+](=O)[O-])c1. The maximum Gasteiger partial charge on any atom is 0.366 e. The molecule has 10 heteroatoms. The summed E-state index contributed by atoms with van der Waals surface area (Å²) in [5.41, 5.74) is -0.424. The fraction of sp³-hybridized carbons (Fsp3) is 0.235. The summed E-state index contributed by atoms with van der Waals surface area (Å²) in [6.45, 7) is 5.25. The fourth-order valence-corrected chi connectivity index (χ4v) is 2.30. The van der Waals surface area contributed by atoms with Crippen LogP contribution in [0.4, 0.5) is 11.4 Å². The van der Waals surface area contributed by atoms with Gasteiger partial charge in [-0.1, -0.05) is 19.0 Å². The lowest BCUT2D eigenvalue weighted by Crippen LogP contribution is -2.16. The van der Waals surface area contributed by atoms with Crippen LogP contribution in [0.25, 0.3) is 0 Å². The van der Waals surface area contributed by atoms with Crippen molar-refractivity contribution in [1.82, 2.24) is 0 Å². The molecule has 1 aromatic carbocycles. The van der Waals surface area contributed by atoms with Crippen molar-refractivity contribution in [2.24, 2.45) is 11.1 Å². The van der Waals surface area contributed by atoms with Crippen LogP contribution in [0.5, 0.6) is 0 Å². The van der Waals surface area contributed by atoms with Crippen LogP contribution in [0.3, 0.4) is 0 Å². The van der Waals surface area contributed by atoms with E-state index in [1.807, 2.05) is 13.8 Å². The van der Waals surface area contributed by atoms with Gasteiger partial charge in [0.2, 0.25) is 0 Å². The predicted molar refractivity (Wildman–Crippen MR) is 94.3 cm³/mol. The average Bonchev–Trinajstić information content (AvgIpc) is 2.59. The lowest BCUT2D eigenvalue weighted by Gasteiger charge is -2.14. The molecule has 0 aliphatic heterocycles. The smallest absolute Gasteiger partial charge is 0.312 e. The van der Waals surface area contributed by atoms with Crippen LogP contribution in [0.2, 0.25) is 0 Å². The number of non-ortho nitro benzene ring substituents is 2. The third-order valence-corrected chi connectivity index (χ3v) is 3.74. The summed E-state index contributed by atoms with van der Waals surface area (Å²) in [5.74, 6) is -1.33. The van der Waals surface area contributed by atoms with Crippen molar-refractivity contribution in [1.29, 1.82) is 0 Å². The molecular formula is C17H15N3O7. The molecule has 0 radical (unpaired) electrons. The quantitative estimate of drug-likeness (QED) is 0.334. The number of hydrogen-bond donors (Lipinski definition) is 0. The predicted octanol–water partition coefficient (Wildman–Crippen LogP) is 3.13. The van der Waals surface area contributed by atoms with E-state index in [1.165, 1.54) is 12.2 Å². The van der Waals surface area contributed by atoms with Gasteiger partial charge >= 0.3 is 5.97 Å². The molecule has 0 aromatic heterocycles. The van der Waals surface area contributed by atoms with Crippen molar-refractivity contribution >= 4 is 28.8 Å². The molecule has 0 atom stereocenters. The molecule has 10 nitrogen and oxygen atoms in total. The first-order valence-electron chi connectivity index (χ1n) is 7.78. The Labute approximate surface area is 153 Å². The van der Waals surface area contributed by atoms with Crippen LogP contribution in [-0.2, 0) is 9.63 Å². The Bertz CT molecular complexity index is 910. The molecule has 27 heavy (non-hydrogen) atoms. The van der Waals surface area contributed by atoms with E-state index in [-0.39, 0.29) is 23.0 Å². The van der Waals surface area contributed by atoms with Gasteiger partial charge in [-0.25, -0.2) is 4.79 Å². The van der Waals surface area contributed by atoms with Gasteiger partial charge < -0.3 is 4.84 Å². The second-order valence-corrected chi connectivity index (χ2v) is 6.05. The Morgan fingerprint density at radius 3 is 2.11 bits per heavy atom. The Morgan fingerprint density at radius 2 is 1.63 bits per heavy atom. The maximum atomic E-state index is 12.1. The van der Waals surface area contributed by atoms with E-state index in [0.717, 1.165) is 18.2 Å². The van der Waals surface area contributed by atoms with Gasteiger partial charge in [-0.15, -0.1) is 0 Å². The number of rotatable bonds is 5. The first-order valence-corrected chi connectivity index (χ1v) is 7.78. The molecule has 0 saturated heterocycles. The van der Waals surface area contributed by atoms with Crippen molar-refractivity contribution in [3.05, 3.63) is 67.3 Å². The minimum absolute atomic E-state index is 0.0674. The zero-order valence-electron chi connectivity index (χ0n) is 14.7. The summed E-state index contributed by atoms with van der Waals surface area (Å²) in [4.78, 5) is 48.9. The summed E-state index contributed by atoms with van der Waals surface area (Å²) in [5, 5.41) is 25.5. The van der Waals surface area contributed by atoms with Crippen molar-refractivity contribution in [2.75, 3.05) is 0 Å². The third-order valence-electron chi connectivity index (χ3n) is 3.74. The minimum atomic E-state index is -1.10. The van der Waals surface area contributed by atoms with E-state index in [4.69, 9.17) is 4.84 Å². The third kappa shape index (κ3) is 4.48. The van der Waals surface area contributed by atoms with Gasteiger partial charge in [0.25, 0.3) is 11.4 Å². The number of oxime groups is 1. The van der Waals surface area contributed by atoms with E-state index in [2.05, 4.69) is 5.16 Å². The molecule has 140 valence electrons. The molecule has 0 saturated carbocycles. The molecule has 0 spiro atoms. The van der Waals surface area contributed by atoms with Crippen molar-refractivity contribution in [2.45, 2.75) is 20.8 Å². The molecule has 0 unspecified atom stereocenters. The Hall–Kier alpha value is -3.69. The van der Waals surface area contributed by atoms with E-state index in [1.54, 1.807) is 6.92 Å². The summed E-state index contributed by atoms with van der Waals surface area (Å²) in [6.07, 6.45) is 2.85. The van der Waals surface area contributed by atoms with Crippen LogP contribution in [0, 0.1) is 26.1 Å². The minimum Gasteiger partial charge on any atom is -0.312 e. The number of nitro groups is 2. The number of benzene rings is 1. The van der Waals surface area contributed by atoms with Crippen molar-refractivity contribution in [3.8, 4) is 0 Å². The highest BCUT2D eigenvalue weighted by atomic mass is 16.7. The summed E-state index contributed by atoms with van der Waals surface area (Å²) < 4.78 is 0. The second kappa shape index (κ2) is 7.68. The summed E-state index contributed by atoms with van der Waals surface area (Å²) in [6, 6.07) is 2.45. The molecule has 0 fully saturated rings. The molecule has 0 bridgehead atoms. The van der Waals surface area contributed by atoms with Gasteiger partial charge in [0.15, 0.2) is 5.78 Å². The zero-order valence-corrected chi connectivity index (χ0v) is 14.7. The molecule has 1 aliphatic rings. The Kier molecular flexibility index (Phi) is 5.59. The molecule has 1 aliphatic carbocycles. The van der Waals surface area contributed by atoms with Gasteiger partial charge in [0, 0.05) is 17.7 Å². The second-order valence-electron chi connectivity index (χ2n) is 6.05. The number of hydrogen-bond acceptors (Lipinski definition) is 8. The number of carbonyl (C=O) groups excluding carboxylic acids is 2. The molecular weight excluding hydrogens is 358 g/mol. The maximum absolute atomic E-state index is 12.1. The van der Waals surface area contributed by atoms with Gasteiger partial charge in [0.1, 0.15) is 5.71 Å². The number of nitro benzene ring substituents is 2. The van der Waals surface area contributed by atoms with E-state index in [9.17, 15) is 29.8 Å². The Morgan fingerprint density at radius 1 is 1.07 bits per heavy atom. The monoisotopic (exact) mass is 373 g/mol. The highest BCUT2D eigenvalue weighted by Gasteiger charge is 2.22. The highest BCUT2D eigenvalue weighted by molar-refractivity contribution is 6.21. The van der Waals surface area contributed by atoms with E-state index in [0.29, 0.717) is 11.1 Å². The lowest BCUT2D eigenvalue weighted by molar-refractivity contribution is -0.394. The number of ketones is 1.